The van der Waals surface area contributed by atoms with Crippen LogP contribution in [0.5, 0.6) is 0 Å². The second-order valence-electron chi connectivity index (χ2n) is 5.97. The minimum atomic E-state index is -0.371. The molecule has 2 rings (SSSR count). The van der Waals surface area contributed by atoms with E-state index in [1.54, 1.807) is 5.23 Å². The maximum atomic E-state index is 5.97. The summed E-state index contributed by atoms with van der Waals surface area (Å²) in [7, 11) is 0. The molecule has 3 nitrogen and oxygen atoms in total. The number of hydrogen-bond donors (Lipinski definition) is 0. The van der Waals surface area contributed by atoms with Crippen molar-refractivity contribution in [1.82, 2.24) is 0 Å². The van der Waals surface area contributed by atoms with Crippen LogP contribution < -0.4 is 5.23 Å². The SMILES string of the molecule is C/C=C\c1c(C)cccc1N1OC(C)(C)C(C)(C)O1. The van der Waals surface area contributed by atoms with Crippen LogP contribution in [0, 0.1) is 6.92 Å². The second kappa shape index (κ2) is 4.66. The van der Waals surface area contributed by atoms with Crippen LogP contribution >= 0.6 is 0 Å². The molecular weight excluding hydrogens is 238 g/mol. The molecule has 0 N–H and O–H groups in total. The van der Waals surface area contributed by atoms with Crippen molar-refractivity contribution >= 4 is 11.8 Å². The number of benzene rings is 1. The minimum absolute atomic E-state index is 0.371. The molecule has 1 aliphatic rings. The molecule has 0 aromatic heterocycles. The van der Waals surface area contributed by atoms with Crippen molar-refractivity contribution in [3.8, 4) is 0 Å². The van der Waals surface area contributed by atoms with Crippen LogP contribution in [0.3, 0.4) is 0 Å². The Morgan fingerprint density at radius 1 is 1.05 bits per heavy atom. The third kappa shape index (κ3) is 2.40. The van der Waals surface area contributed by atoms with Gasteiger partial charge in [0.2, 0.25) is 0 Å². The first-order chi connectivity index (χ1) is 8.78. The van der Waals surface area contributed by atoms with Crippen LogP contribution in [0.25, 0.3) is 6.08 Å². The summed E-state index contributed by atoms with van der Waals surface area (Å²) in [5, 5.41) is 1.56. The quantitative estimate of drug-likeness (QED) is 0.793. The fourth-order valence-electron chi connectivity index (χ4n) is 1.96. The third-order valence-corrected chi connectivity index (χ3v) is 3.90. The number of anilines is 1. The summed E-state index contributed by atoms with van der Waals surface area (Å²) >= 11 is 0. The van der Waals surface area contributed by atoms with Gasteiger partial charge in [0.1, 0.15) is 16.9 Å². The molecule has 0 saturated carbocycles. The van der Waals surface area contributed by atoms with Gasteiger partial charge in [0.05, 0.1) is 0 Å². The van der Waals surface area contributed by atoms with E-state index in [4.69, 9.17) is 9.68 Å². The summed E-state index contributed by atoms with van der Waals surface area (Å²) in [6, 6.07) is 6.12. The molecule has 104 valence electrons. The molecule has 1 saturated heterocycles. The van der Waals surface area contributed by atoms with Crippen molar-refractivity contribution in [3.63, 3.8) is 0 Å². The van der Waals surface area contributed by atoms with Gasteiger partial charge in [-0.3, -0.25) is 0 Å². The third-order valence-electron chi connectivity index (χ3n) is 3.90. The Morgan fingerprint density at radius 3 is 2.16 bits per heavy atom. The lowest BCUT2D eigenvalue weighted by atomic mass is 9.90. The smallest absolute Gasteiger partial charge is 0.124 e. The van der Waals surface area contributed by atoms with E-state index >= 15 is 0 Å². The zero-order chi connectivity index (χ0) is 14.3. The standard InChI is InChI=1S/C16H23NO2/c1-7-9-13-12(2)10-8-11-14(13)17-18-15(3,4)16(5,6)19-17/h7-11H,1-6H3/b9-7-. The largest absolute Gasteiger partial charge is 0.239 e. The summed E-state index contributed by atoms with van der Waals surface area (Å²) in [5.74, 6) is 0. The van der Waals surface area contributed by atoms with Crippen LogP contribution in [0.4, 0.5) is 5.69 Å². The van der Waals surface area contributed by atoms with Gasteiger partial charge in [-0.25, -0.2) is 9.68 Å². The van der Waals surface area contributed by atoms with Gasteiger partial charge in [-0.05, 0) is 53.2 Å². The Bertz CT molecular complexity index is 487. The van der Waals surface area contributed by atoms with Crippen molar-refractivity contribution in [3.05, 3.63) is 35.4 Å². The molecule has 0 aliphatic carbocycles. The molecule has 0 atom stereocenters. The highest BCUT2D eigenvalue weighted by molar-refractivity contribution is 5.69. The molecule has 19 heavy (non-hydrogen) atoms. The fourth-order valence-corrected chi connectivity index (χ4v) is 1.96. The summed E-state index contributed by atoms with van der Waals surface area (Å²) in [4.78, 5) is 11.9. The molecule has 3 heteroatoms. The average Bonchev–Trinajstić information content (AvgIpc) is 2.51. The first-order valence-corrected chi connectivity index (χ1v) is 6.69. The predicted molar refractivity (Wildman–Crippen MR) is 78.7 cm³/mol. The van der Waals surface area contributed by atoms with E-state index in [9.17, 15) is 0 Å². The number of aryl methyl sites for hydroxylation is 1. The van der Waals surface area contributed by atoms with Crippen molar-refractivity contribution in [2.24, 2.45) is 0 Å². The molecule has 0 spiro atoms. The number of hydrogen-bond acceptors (Lipinski definition) is 3. The number of nitrogens with zero attached hydrogens (tertiary/aromatic N) is 1. The summed E-state index contributed by atoms with van der Waals surface area (Å²) in [6.07, 6.45) is 4.11. The summed E-state index contributed by atoms with van der Waals surface area (Å²) < 4.78 is 0. The Hall–Kier alpha value is -1.32. The van der Waals surface area contributed by atoms with Gasteiger partial charge in [-0.2, -0.15) is 0 Å². The van der Waals surface area contributed by atoms with Crippen molar-refractivity contribution in [1.29, 1.82) is 0 Å². The Balaban J connectivity index is 2.42. The van der Waals surface area contributed by atoms with E-state index in [2.05, 4.69) is 19.1 Å². The maximum Gasteiger partial charge on any atom is 0.124 e. The molecule has 0 radical (unpaired) electrons. The van der Waals surface area contributed by atoms with E-state index in [0.717, 1.165) is 11.3 Å². The second-order valence-corrected chi connectivity index (χ2v) is 5.97. The zero-order valence-electron chi connectivity index (χ0n) is 12.7. The van der Waals surface area contributed by atoms with Gasteiger partial charge in [-0.15, -0.1) is 5.23 Å². The highest BCUT2D eigenvalue weighted by Gasteiger charge is 2.50. The van der Waals surface area contributed by atoms with Crippen LogP contribution in [-0.2, 0) is 9.68 Å². The first-order valence-electron chi connectivity index (χ1n) is 6.69. The van der Waals surface area contributed by atoms with Crippen molar-refractivity contribution < 1.29 is 9.68 Å². The lowest BCUT2D eigenvalue weighted by molar-refractivity contribution is -0.0274. The monoisotopic (exact) mass is 261 g/mol. The van der Waals surface area contributed by atoms with E-state index < -0.39 is 0 Å². The molecule has 1 aromatic carbocycles. The Morgan fingerprint density at radius 2 is 1.63 bits per heavy atom. The van der Waals surface area contributed by atoms with Gasteiger partial charge < -0.3 is 0 Å². The normalized spacial score (nSPS) is 21.3. The lowest BCUT2D eigenvalue weighted by Crippen LogP contribution is -2.41. The molecule has 0 unspecified atom stereocenters. The summed E-state index contributed by atoms with van der Waals surface area (Å²) in [5.41, 5.74) is 2.52. The van der Waals surface area contributed by atoms with Crippen LogP contribution in [0.1, 0.15) is 45.7 Å². The Labute approximate surface area is 115 Å². The topological polar surface area (TPSA) is 21.7 Å². The Kier molecular flexibility index (Phi) is 3.45. The maximum absolute atomic E-state index is 5.97. The van der Waals surface area contributed by atoms with Crippen LogP contribution in [-0.4, -0.2) is 11.2 Å². The molecule has 0 amide bonds. The first kappa shape index (κ1) is 14.1. The number of rotatable bonds is 2. The van der Waals surface area contributed by atoms with Gasteiger partial charge in [-0.1, -0.05) is 24.3 Å². The lowest BCUT2D eigenvalue weighted by Gasteiger charge is -2.26. The van der Waals surface area contributed by atoms with E-state index in [-0.39, 0.29) is 11.2 Å². The van der Waals surface area contributed by atoms with Crippen LogP contribution in [0.15, 0.2) is 24.3 Å². The van der Waals surface area contributed by atoms with E-state index in [0.29, 0.717) is 0 Å². The van der Waals surface area contributed by atoms with Gasteiger partial charge in [0.25, 0.3) is 0 Å². The van der Waals surface area contributed by atoms with E-state index in [1.165, 1.54) is 5.56 Å². The van der Waals surface area contributed by atoms with E-state index in [1.807, 2.05) is 52.8 Å². The molecule has 1 aliphatic heterocycles. The van der Waals surface area contributed by atoms with Gasteiger partial charge in [0.15, 0.2) is 0 Å². The molecule has 1 heterocycles. The molecule has 1 aromatic rings. The van der Waals surface area contributed by atoms with Gasteiger partial charge >= 0.3 is 0 Å². The fraction of sp³-hybridized carbons (Fsp3) is 0.500. The summed E-state index contributed by atoms with van der Waals surface area (Å²) in [6.45, 7) is 12.3. The van der Waals surface area contributed by atoms with Crippen molar-refractivity contribution in [2.45, 2.75) is 52.7 Å². The van der Waals surface area contributed by atoms with Gasteiger partial charge in [0, 0.05) is 5.56 Å². The zero-order valence-corrected chi connectivity index (χ0v) is 12.7. The highest BCUT2D eigenvalue weighted by Crippen LogP contribution is 2.41. The predicted octanol–water partition coefficient (Wildman–Crippen LogP) is 4.27. The average molecular weight is 261 g/mol. The number of allylic oxidation sites excluding steroid dienone is 1. The molecule has 0 bridgehead atoms. The van der Waals surface area contributed by atoms with Crippen LogP contribution in [0.2, 0.25) is 0 Å². The minimum Gasteiger partial charge on any atom is -0.239 e. The highest BCUT2D eigenvalue weighted by atomic mass is 17.0. The molecule has 1 fully saturated rings. The van der Waals surface area contributed by atoms with Crippen molar-refractivity contribution in [2.75, 3.05) is 5.23 Å². The molecular formula is C16H23NO2.